The Morgan fingerprint density at radius 3 is 1.33 bits per heavy atom. The summed E-state index contributed by atoms with van der Waals surface area (Å²) in [6.07, 6.45) is -5.00. The van der Waals surface area contributed by atoms with Crippen molar-refractivity contribution in [2.45, 2.75) is 26.9 Å². The van der Waals surface area contributed by atoms with Crippen LogP contribution in [-0.2, 0) is 6.18 Å². The fourth-order valence-corrected chi connectivity index (χ4v) is 1.33. The van der Waals surface area contributed by atoms with E-state index in [4.69, 9.17) is 0 Å². The van der Waals surface area contributed by atoms with Gasteiger partial charge in [0.1, 0.15) is 17.2 Å². The molecule has 1 rings (SSSR count). The molecule has 0 nitrogen and oxygen atoms in total. The summed E-state index contributed by atoms with van der Waals surface area (Å²) < 4.78 is 63.4. The highest BCUT2D eigenvalue weighted by atomic mass is 19.4. The van der Waals surface area contributed by atoms with Gasteiger partial charge in [-0.05, 0) is 37.5 Å². The Morgan fingerprint density at radius 2 is 1.07 bits per heavy atom. The van der Waals surface area contributed by atoms with Gasteiger partial charge in [0.2, 0.25) is 0 Å². The van der Waals surface area contributed by atoms with E-state index in [9.17, 15) is 22.0 Å². The molecule has 0 aliphatic heterocycles. The molecule has 0 N–H and O–H groups in total. The number of rotatable bonds is 0. The summed E-state index contributed by atoms with van der Waals surface area (Å²) in [5.41, 5.74) is -1.93. The molecule has 15 heavy (non-hydrogen) atoms. The minimum absolute atomic E-state index is 0.166. The van der Waals surface area contributed by atoms with Gasteiger partial charge in [0.15, 0.2) is 0 Å². The summed E-state index contributed by atoms with van der Waals surface area (Å²) in [6.45, 7) is 3.79. The summed E-state index contributed by atoms with van der Waals surface area (Å²) in [4.78, 5) is 0. The molecule has 0 fully saturated rings. The molecule has 0 aliphatic carbocycles. The second-order valence-electron chi connectivity index (χ2n) is 3.38. The van der Waals surface area contributed by atoms with E-state index in [-0.39, 0.29) is 16.7 Å². The van der Waals surface area contributed by atoms with Crippen LogP contribution in [0.5, 0.6) is 0 Å². The maximum atomic E-state index is 13.2. The Bertz CT molecular complexity index is 374. The van der Waals surface area contributed by atoms with Gasteiger partial charge >= 0.3 is 6.18 Å². The van der Waals surface area contributed by atoms with Crippen LogP contribution in [0.15, 0.2) is 0 Å². The zero-order chi connectivity index (χ0) is 12.0. The molecule has 1 aromatic rings. The van der Waals surface area contributed by atoms with Crippen molar-refractivity contribution in [1.29, 1.82) is 0 Å². The molecule has 0 saturated heterocycles. The summed E-state index contributed by atoms with van der Waals surface area (Å²) in [5, 5.41) is 0. The molecule has 84 valence electrons. The summed E-state index contributed by atoms with van der Waals surface area (Å²) in [7, 11) is 0. The first-order valence-corrected chi connectivity index (χ1v) is 4.19. The van der Waals surface area contributed by atoms with Gasteiger partial charge in [0, 0.05) is 0 Å². The smallest absolute Gasteiger partial charge is 0.206 e. The van der Waals surface area contributed by atoms with E-state index < -0.39 is 23.4 Å². The van der Waals surface area contributed by atoms with Gasteiger partial charge in [0.05, 0.1) is 0 Å². The molecular weight excluding hydrogens is 215 g/mol. The first kappa shape index (κ1) is 11.9. The highest BCUT2D eigenvalue weighted by molar-refractivity contribution is 5.41. The molecule has 0 aromatic heterocycles. The summed E-state index contributed by atoms with van der Waals surface area (Å²) >= 11 is 0. The predicted octanol–water partition coefficient (Wildman–Crippen LogP) is 3.91. The van der Waals surface area contributed by atoms with Crippen molar-refractivity contribution in [3.05, 3.63) is 33.9 Å². The highest BCUT2D eigenvalue weighted by Gasteiger charge is 2.39. The van der Waals surface area contributed by atoms with Crippen LogP contribution in [0.1, 0.15) is 22.3 Å². The van der Waals surface area contributed by atoms with Crippen LogP contribution in [0.2, 0.25) is 0 Å². The fraction of sp³-hybridized carbons (Fsp3) is 0.400. The van der Waals surface area contributed by atoms with Gasteiger partial charge in [-0.1, -0.05) is 0 Å². The molecule has 1 aromatic carbocycles. The van der Waals surface area contributed by atoms with Crippen LogP contribution in [0.25, 0.3) is 0 Å². The maximum Gasteiger partial charge on any atom is 0.422 e. The topological polar surface area (TPSA) is 0 Å². The predicted molar refractivity (Wildman–Crippen MR) is 45.6 cm³/mol. The molecule has 0 spiro atoms. The van der Waals surface area contributed by atoms with Crippen LogP contribution >= 0.6 is 0 Å². The zero-order valence-corrected chi connectivity index (χ0v) is 8.39. The van der Waals surface area contributed by atoms with Gasteiger partial charge < -0.3 is 0 Å². The van der Waals surface area contributed by atoms with Gasteiger partial charge in [-0.3, -0.25) is 0 Å². The van der Waals surface area contributed by atoms with Crippen LogP contribution in [0.3, 0.4) is 0 Å². The third-order valence-electron chi connectivity index (χ3n) is 2.51. The van der Waals surface area contributed by atoms with Crippen molar-refractivity contribution in [3.63, 3.8) is 0 Å². The second-order valence-corrected chi connectivity index (χ2v) is 3.38. The Labute approximate surface area is 83.7 Å². The van der Waals surface area contributed by atoms with E-state index in [1.165, 1.54) is 20.8 Å². The Hall–Kier alpha value is -1.13. The molecule has 5 heteroatoms. The number of hydrogen-bond acceptors (Lipinski definition) is 0. The minimum Gasteiger partial charge on any atom is -0.206 e. The van der Waals surface area contributed by atoms with Gasteiger partial charge in [-0.15, -0.1) is 0 Å². The van der Waals surface area contributed by atoms with E-state index in [1.807, 2.05) is 0 Å². The van der Waals surface area contributed by atoms with Crippen molar-refractivity contribution in [3.8, 4) is 0 Å². The quantitative estimate of drug-likeness (QED) is 0.586. The number of benzene rings is 1. The third kappa shape index (κ3) is 1.82. The number of alkyl halides is 3. The normalized spacial score (nSPS) is 12.0. The van der Waals surface area contributed by atoms with Crippen molar-refractivity contribution in [2.24, 2.45) is 0 Å². The average molecular weight is 224 g/mol. The summed E-state index contributed by atoms with van der Waals surface area (Å²) in [6, 6.07) is 0. The molecule has 0 bridgehead atoms. The van der Waals surface area contributed by atoms with Crippen LogP contribution in [-0.4, -0.2) is 0 Å². The van der Waals surface area contributed by atoms with E-state index in [1.54, 1.807) is 0 Å². The molecule has 0 amide bonds. The Kier molecular flexibility index (Phi) is 2.76. The molecule has 0 unspecified atom stereocenters. The lowest BCUT2D eigenvalue weighted by Gasteiger charge is -2.15. The summed E-state index contributed by atoms with van der Waals surface area (Å²) in [5.74, 6) is -3.05. The number of halogens is 5. The van der Waals surface area contributed by atoms with Crippen molar-refractivity contribution < 1.29 is 22.0 Å². The molecular formula is C10H9F5. The Balaban J connectivity index is 3.68. The van der Waals surface area contributed by atoms with Crippen molar-refractivity contribution in [1.82, 2.24) is 0 Å². The third-order valence-corrected chi connectivity index (χ3v) is 2.51. The molecule has 0 atom stereocenters. The zero-order valence-electron chi connectivity index (χ0n) is 8.39. The minimum atomic E-state index is -5.00. The SMILES string of the molecule is Cc1c(C)c(F)c(C(F)(F)F)c(F)c1C. The van der Waals surface area contributed by atoms with Crippen molar-refractivity contribution >= 4 is 0 Å². The average Bonchev–Trinajstić information content (AvgIpc) is 2.09. The standard InChI is InChI=1S/C10H9F5/c1-4-5(2)8(11)7(10(13,14)15)9(12)6(4)3/h1-3H3. The van der Waals surface area contributed by atoms with E-state index in [0.717, 1.165) is 0 Å². The van der Waals surface area contributed by atoms with E-state index in [0.29, 0.717) is 0 Å². The van der Waals surface area contributed by atoms with Crippen LogP contribution in [0, 0.1) is 32.4 Å². The largest absolute Gasteiger partial charge is 0.422 e. The first-order valence-electron chi connectivity index (χ1n) is 4.19. The lowest BCUT2D eigenvalue weighted by Crippen LogP contribution is -2.15. The van der Waals surface area contributed by atoms with Crippen LogP contribution < -0.4 is 0 Å². The van der Waals surface area contributed by atoms with E-state index in [2.05, 4.69) is 0 Å². The van der Waals surface area contributed by atoms with Crippen molar-refractivity contribution in [2.75, 3.05) is 0 Å². The number of hydrogen-bond donors (Lipinski definition) is 0. The highest BCUT2D eigenvalue weighted by Crippen LogP contribution is 2.37. The van der Waals surface area contributed by atoms with Gasteiger partial charge in [-0.25, -0.2) is 8.78 Å². The second kappa shape index (κ2) is 3.47. The molecule has 0 saturated carbocycles. The lowest BCUT2D eigenvalue weighted by molar-refractivity contribution is -0.142. The van der Waals surface area contributed by atoms with Gasteiger partial charge in [-0.2, -0.15) is 13.2 Å². The lowest BCUT2D eigenvalue weighted by atomic mass is 9.98. The maximum absolute atomic E-state index is 13.2. The molecule has 0 radical (unpaired) electrons. The van der Waals surface area contributed by atoms with Crippen LogP contribution in [0.4, 0.5) is 22.0 Å². The Morgan fingerprint density at radius 1 is 0.733 bits per heavy atom. The molecule has 0 aliphatic rings. The first-order chi connectivity index (χ1) is 6.68. The van der Waals surface area contributed by atoms with E-state index >= 15 is 0 Å². The molecule has 0 heterocycles. The fourth-order valence-electron chi connectivity index (χ4n) is 1.33. The monoisotopic (exact) mass is 224 g/mol. The van der Waals surface area contributed by atoms with Gasteiger partial charge in [0.25, 0.3) is 0 Å².